The van der Waals surface area contributed by atoms with Crippen LogP contribution in [0.1, 0.15) is 10.6 Å². The van der Waals surface area contributed by atoms with Crippen LogP contribution in [0.4, 0.5) is 0 Å². The number of aromatic carboxylic acids is 1. The average Bonchev–Trinajstić information content (AvgIpc) is 2.49. The van der Waals surface area contributed by atoms with Crippen molar-refractivity contribution in [3.05, 3.63) is 30.2 Å². The molecule has 1 aliphatic heterocycles. The van der Waals surface area contributed by atoms with Crippen molar-refractivity contribution in [2.75, 3.05) is 0 Å². The summed E-state index contributed by atoms with van der Waals surface area (Å²) in [4.78, 5) is 16.9. The number of carbonyl (C=O) groups is 1. The van der Waals surface area contributed by atoms with E-state index in [1.165, 1.54) is 6.20 Å². The Bertz CT molecular complexity index is 394. The fraction of sp³-hybridized carbons (Fsp3) is 0. The van der Waals surface area contributed by atoms with Crippen molar-refractivity contribution in [1.82, 2.24) is 9.97 Å². The molecule has 2 N–H and O–H groups in total. The van der Waals surface area contributed by atoms with Crippen molar-refractivity contribution in [2.24, 2.45) is 0 Å². The van der Waals surface area contributed by atoms with Crippen molar-refractivity contribution in [3.8, 4) is 11.3 Å². The summed E-state index contributed by atoms with van der Waals surface area (Å²) in [5, 5.41) is 8.59. The minimum Gasteiger partial charge on any atom is -0.475 e. The number of hydrogen-bond acceptors (Lipinski definition) is 2. The van der Waals surface area contributed by atoms with Gasteiger partial charge in [-0.1, -0.05) is 12.1 Å². The molecule has 1 aliphatic carbocycles. The highest BCUT2D eigenvalue weighted by Gasteiger charge is 2.08. The number of hydrogen-bond donors (Lipinski definition) is 2. The maximum atomic E-state index is 10.5. The van der Waals surface area contributed by atoms with Crippen LogP contribution < -0.4 is 0 Å². The second-order valence-corrected chi connectivity index (χ2v) is 2.43. The largest absolute Gasteiger partial charge is 0.475 e. The summed E-state index contributed by atoms with van der Waals surface area (Å²) in [5.74, 6) is -1.08. The molecule has 0 radical (unpaired) electrons. The fourth-order valence-electron chi connectivity index (χ4n) is 1.06. The highest BCUT2D eigenvalue weighted by atomic mass is 16.4. The van der Waals surface area contributed by atoms with Crippen LogP contribution in [0.25, 0.3) is 11.3 Å². The molecule has 0 bridgehead atoms. The fourth-order valence-corrected chi connectivity index (χ4v) is 1.06. The van der Waals surface area contributed by atoms with Gasteiger partial charge >= 0.3 is 5.97 Å². The first-order valence-electron chi connectivity index (χ1n) is 3.44. The number of carboxylic acid groups (broad SMARTS) is 1. The summed E-state index contributed by atoms with van der Waals surface area (Å²) in [5.41, 5.74) is 1.71. The van der Waals surface area contributed by atoms with Crippen LogP contribution in [0.2, 0.25) is 0 Å². The van der Waals surface area contributed by atoms with Gasteiger partial charge in [-0.15, -0.1) is 0 Å². The Hall–Kier alpha value is -1.84. The maximum absolute atomic E-state index is 10.5. The van der Waals surface area contributed by atoms with Crippen molar-refractivity contribution >= 4 is 5.97 Å². The van der Waals surface area contributed by atoms with E-state index < -0.39 is 5.97 Å². The Kier molecular flexibility index (Phi) is 1.33. The Morgan fingerprint density at radius 1 is 1.50 bits per heavy atom. The Morgan fingerprint density at radius 3 is 3.08 bits per heavy atom. The van der Waals surface area contributed by atoms with E-state index in [1.807, 2.05) is 18.2 Å². The molecule has 2 aliphatic rings. The van der Waals surface area contributed by atoms with E-state index in [0.717, 1.165) is 11.3 Å². The average molecular weight is 162 g/mol. The molecule has 0 fully saturated rings. The summed E-state index contributed by atoms with van der Waals surface area (Å²) < 4.78 is 0. The number of fused-ring (bicyclic) bond motifs is 1. The molecule has 4 heteroatoms. The third-order valence-corrected chi connectivity index (χ3v) is 1.64. The van der Waals surface area contributed by atoms with Crippen molar-refractivity contribution in [1.29, 1.82) is 0 Å². The maximum Gasteiger partial charge on any atom is 0.371 e. The summed E-state index contributed by atoms with van der Waals surface area (Å²) in [7, 11) is 0. The lowest BCUT2D eigenvalue weighted by molar-refractivity contribution is 0.0683. The number of rotatable bonds is 1. The first kappa shape index (κ1) is 6.84. The molecule has 0 saturated carbocycles. The second-order valence-electron chi connectivity index (χ2n) is 2.43. The monoisotopic (exact) mass is 162 g/mol. The van der Waals surface area contributed by atoms with E-state index in [4.69, 9.17) is 5.11 Å². The summed E-state index contributed by atoms with van der Waals surface area (Å²) in [6.07, 6.45) is 1.54. The minimum absolute atomic E-state index is 0.0336. The molecule has 2 rings (SSSR count). The highest BCUT2D eigenvalue weighted by molar-refractivity contribution is 5.84. The van der Waals surface area contributed by atoms with Crippen molar-refractivity contribution in [2.45, 2.75) is 0 Å². The number of aromatic amines is 1. The molecule has 0 amide bonds. The molecule has 0 aromatic rings. The molecule has 0 atom stereocenters. The van der Waals surface area contributed by atoms with Gasteiger partial charge in [-0.25, -0.2) is 9.78 Å². The minimum atomic E-state index is -1.04. The first-order chi connectivity index (χ1) is 5.77. The van der Waals surface area contributed by atoms with Crippen LogP contribution in [-0.4, -0.2) is 21.0 Å². The Balaban J connectivity index is 2.62. The SMILES string of the molecule is O=C(O)c1ncc2cccc-2[nH]1. The predicted octanol–water partition coefficient (Wildman–Crippen LogP) is 1.21. The second kappa shape index (κ2) is 2.34. The Labute approximate surface area is 68.2 Å². The van der Waals surface area contributed by atoms with Crippen LogP contribution in [0.5, 0.6) is 0 Å². The normalized spacial score (nSPS) is 10.3. The molecule has 60 valence electrons. The number of nitrogens with zero attached hydrogens (tertiary/aromatic N) is 1. The third-order valence-electron chi connectivity index (χ3n) is 1.64. The van der Waals surface area contributed by atoms with E-state index >= 15 is 0 Å². The van der Waals surface area contributed by atoms with Gasteiger partial charge in [-0.05, 0) is 6.07 Å². The predicted molar refractivity (Wildman–Crippen MR) is 42.2 cm³/mol. The van der Waals surface area contributed by atoms with Crippen LogP contribution >= 0.6 is 0 Å². The number of carboxylic acids is 1. The Morgan fingerprint density at radius 2 is 2.33 bits per heavy atom. The molecule has 1 heterocycles. The molecule has 0 unspecified atom stereocenters. The highest BCUT2D eigenvalue weighted by Crippen LogP contribution is 2.18. The van der Waals surface area contributed by atoms with Gasteiger partial charge in [0, 0.05) is 17.5 Å². The molecule has 4 nitrogen and oxygen atoms in total. The van der Waals surface area contributed by atoms with Gasteiger partial charge in [0.25, 0.3) is 0 Å². The summed E-state index contributed by atoms with van der Waals surface area (Å²) >= 11 is 0. The molecular formula is C8H6N2O2. The summed E-state index contributed by atoms with van der Waals surface area (Å²) in [6, 6.07) is 5.52. The van der Waals surface area contributed by atoms with Gasteiger partial charge in [-0.3, -0.25) is 0 Å². The first-order valence-corrected chi connectivity index (χ1v) is 3.44. The molecule has 0 aromatic carbocycles. The zero-order valence-electron chi connectivity index (χ0n) is 6.11. The van der Waals surface area contributed by atoms with Crippen LogP contribution in [0, 0.1) is 0 Å². The lowest BCUT2D eigenvalue weighted by Gasteiger charge is -1.99. The quantitative estimate of drug-likeness (QED) is 0.662. The van der Waals surface area contributed by atoms with Gasteiger partial charge < -0.3 is 10.1 Å². The van der Waals surface area contributed by atoms with Gasteiger partial charge in [0.1, 0.15) is 0 Å². The van der Waals surface area contributed by atoms with E-state index in [-0.39, 0.29) is 5.82 Å². The van der Waals surface area contributed by atoms with Crippen LogP contribution in [0.3, 0.4) is 0 Å². The molecule has 0 spiro atoms. The number of H-pyrrole nitrogens is 1. The van der Waals surface area contributed by atoms with Crippen molar-refractivity contribution < 1.29 is 9.90 Å². The van der Waals surface area contributed by atoms with Gasteiger partial charge in [0.05, 0.1) is 0 Å². The lowest BCUT2D eigenvalue weighted by atomic mass is 10.3. The lowest BCUT2D eigenvalue weighted by Crippen LogP contribution is -2.04. The zero-order chi connectivity index (χ0) is 8.55. The van der Waals surface area contributed by atoms with Gasteiger partial charge in [0.15, 0.2) is 0 Å². The molecular weight excluding hydrogens is 156 g/mol. The van der Waals surface area contributed by atoms with E-state index in [9.17, 15) is 4.79 Å². The van der Waals surface area contributed by atoms with E-state index in [1.54, 1.807) is 0 Å². The van der Waals surface area contributed by atoms with Crippen molar-refractivity contribution in [3.63, 3.8) is 0 Å². The molecule has 0 saturated heterocycles. The zero-order valence-corrected chi connectivity index (χ0v) is 6.11. The van der Waals surface area contributed by atoms with E-state index in [2.05, 4.69) is 9.97 Å². The van der Waals surface area contributed by atoms with Gasteiger partial charge in [-0.2, -0.15) is 0 Å². The number of aromatic nitrogens is 2. The smallest absolute Gasteiger partial charge is 0.371 e. The van der Waals surface area contributed by atoms with E-state index in [0.29, 0.717) is 0 Å². The molecule has 0 aromatic heterocycles. The van der Waals surface area contributed by atoms with Crippen LogP contribution in [-0.2, 0) is 0 Å². The van der Waals surface area contributed by atoms with Crippen LogP contribution in [0.15, 0.2) is 24.4 Å². The topological polar surface area (TPSA) is 66.0 Å². The van der Waals surface area contributed by atoms with Gasteiger partial charge in [0.2, 0.25) is 5.82 Å². The number of nitrogens with one attached hydrogen (secondary N) is 1. The standard InChI is InChI=1S/C8H6N2O2/c11-8(12)7-9-4-5-2-1-3-6(5)10-7/h1-4H,(H,9,10)(H,11,12). The summed E-state index contributed by atoms with van der Waals surface area (Å²) in [6.45, 7) is 0. The molecule has 12 heavy (non-hydrogen) atoms. The third kappa shape index (κ3) is 0.934.